The smallest absolute Gasteiger partial charge is 0.406 e. The maximum Gasteiger partial charge on any atom is 0.406 e. The normalized spacial score (nSPS) is 10.2. The minimum absolute atomic E-state index is 0.000207. The molecule has 0 aromatic carbocycles. The fraction of sp³-hybridized carbons (Fsp3) is 0.231. The molecule has 0 aliphatic carbocycles. The molecule has 2 aromatic rings. The van der Waals surface area contributed by atoms with E-state index in [0.717, 1.165) is 0 Å². The predicted octanol–water partition coefficient (Wildman–Crippen LogP) is 2.26. The van der Waals surface area contributed by atoms with Gasteiger partial charge in [-0.05, 0) is 28.1 Å². The van der Waals surface area contributed by atoms with Crippen molar-refractivity contribution in [2.75, 3.05) is 7.11 Å². The number of hydrogen-bond donors (Lipinski definition) is 0. The third-order valence-electron chi connectivity index (χ3n) is 2.65. The number of pyridine rings is 1. The van der Waals surface area contributed by atoms with E-state index >= 15 is 0 Å². The van der Waals surface area contributed by atoms with Crippen LogP contribution in [0.15, 0.2) is 28.9 Å². The highest BCUT2D eigenvalue weighted by atomic mass is 16.6. The summed E-state index contributed by atoms with van der Waals surface area (Å²) in [6.07, 6.45) is 1.31. The number of carbonyl (C=O) groups excluding carboxylic acids is 1. The Morgan fingerprint density at radius 1 is 1.43 bits per heavy atom. The van der Waals surface area contributed by atoms with Crippen molar-refractivity contribution in [3.63, 3.8) is 0 Å². The van der Waals surface area contributed by atoms with Gasteiger partial charge in [0, 0.05) is 12.5 Å². The maximum atomic E-state index is 11.4. The van der Waals surface area contributed by atoms with Gasteiger partial charge in [-0.15, -0.1) is 0 Å². The summed E-state index contributed by atoms with van der Waals surface area (Å²) in [5, 5.41) is 10.9. The molecule has 0 radical (unpaired) electrons. The number of ether oxygens (including phenoxy) is 2. The van der Waals surface area contributed by atoms with Crippen molar-refractivity contribution in [3.8, 4) is 5.75 Å². The molecular weight excluding hydrogens is 280 g/mol. The highest BCUT2D eigenvalue weighted by Crippen LogP contribution is 2.26. The minimum atomic E-state index is -0.643. The predicted molar refractivity (Wildman–Crippen MR) is 70.0 cm³/mol. The van der Waals surface area contributed by atoms with Crippen molar-refractivity contribution in [2.24, 2.45) is 0 Å². The first-order valence-electron chi connectivity index (χ1n) is 5.92. The number of methoxy groups -OCH3 is 1. The summed E-state index contributed by atoms with van der Waals surface area (Å²) >= 11 is 0. The second-order valence-corrected chi connectivity index (χ2v) is 4.09. The molecule has 0 N–H and O–H groups in total. The summed E-state index contributed by atoms with van der Waals surface area (Å²) in [5.41, 5.74) is 0.935. The topological polar surface area (TPSA) is 105 Å². The van der Waals surface area contributed by atoms with E-state index in [-0.39, 0.29) is 23.9 Å². The summed E-state index contributed by atoms with van der Waals surface area (Å²) in [5.74, 6) is -1.00. The maximum absolute atomic E-state index is 11.4. The number of hydrogen-bond acceptors (Lipinski definition) is 7. The van der Waals surface area contributed by atoms with E-state index in [4.69, 9.17) is 9.15 Å². The lowest BCUT2D eigenvalue weighted by Gasteiger charge is -2.06. The number of aryl methyl sites for hydroxylation is 1. The third-order valence-corrected chi connectivity index (χ3v) is 2.65. The van der Waals surface area contributed by atoms with Crippen LogP contribution in [0.25, 0.3) is 0 Å². The molecule has 2 heterocycles. The summed E-state index contributed by atoms with van der Waals surface area (Å²) in [7, 11) is 1.23. The Hall–Kier alpha value is -2.90. The van der Waals surface area contributed by atoms with Crippen LogP contribution in [0.2, 0.25) is 0 Å². The van der Waals surface area contributed by atoms with Gasteiger partial charge in [0.1, 0.15) is 12.3 Å². The van der Waals surface area contributed by atoms with Crippen LogP contribution in [0.3, 0.4) is 0 Å². The van der Waals surface area contributed by atoms with Gasteiger partial charge in [0.05, 0.1) is 13.4 Å². The zero-order valence-electron chi connectivity index (χ0n) is 11.4. The van der Waals surface area contributed by atoms with Crippen molar-refractivity contribution in [3.05, 3.63) is 51.6 Å². The zero-order chi connectivity index (χ0) is 15.4. The van der Waals surface area contributed by atoms with Gasteiger partial charge in [-0.2, -0.15) is 0 Å². The molecule has 0 fully saturated rings. The van der Waals surface area contributed by atoms with Gasteiger partial charge >= 0.3 is 11.8 Å². The van der Waals surface area contributed by atoms with E-state index in [1.54, 1.807) is 13.0 Å². The molecule has 0 spiro atoms. The van der Waals surface area contributed by atoms with Crippen LogP contribution >= 0.6 is 0 Å². The lowest BCUT2D eigenvalue weighted by Crippen LogP contribution is -2.06. The summed E-state index contributed by atoms with van der Waals surface area (Å²) in [6.45, 7) is 1.56. The Balaban J connectivity index is 2.19. The molecule has 2 rings (SSSR count). The second kappa shape index (κ2) is 6.04. The Bertz CT molecular complexity index is 679. The largest absolute Gasteiger partial charge is 0.481 e. The quantitative estimate of drug-likeness (QED) is 0.472. The van der Waals surface area contributed by atoms with Gasteiger partial charge < -0.3 is 24.0 Å². The van der Waals surface area contributed by atoms with Gasteiger partial charge in [-0.1, -0.05) is 0 Å². The molecular formula is C13H12N2O6. The van der Waals surface area contributed by atoms with E-state index in [1.807, 2.05) is 0 Å². The summed E-state index contributed by atoms with van der Waals surface area (Å²) < 4.78 is 14.9. The summed E-state index contributed by atoms with van der Waals surface area (Å²) in [6, 6.07) is 4.58. The second-order valence-electron chi connectivity index (χ2n) is 4.09. The van der Waals surface area contributed by atoms with Gasteiger partial charge in [0.25, 0.3) is 0 Å². The van der Waals surface area contributed by atoms with E-state index in [1.165, 1.54) is 25.5 Å². The highest BCUT2D eigenvalue weighted by Gasteiger charge is 2.20. The number of carbonyl (C=O) groups is 1. The Morgan fingerprint density at radius 2 is 2.19 bits per heavy atom. The number of nitrogens with zero attached hydrogens (tertiary/aromatic N) is 2. The Kier molecular flexibility index (Phi) is 4.17. The molecule has 110 valence electrons. The molecule has 0 aliphatic rings. The molecule has 8 heteroatoms. The van der Waals surface area contributed by atoms with Gasteiger partial charge in [-0.25, -0.2) is 4.79 Å². The molecule has 0 atom stereocenters. The zero-order valence-corrected chi connectivity index (χ0v) is 11.4. The number of furan rings is 1. The van der Waals surface area contributed by atoms with Gasteiger partial charge in [-0.3, -0.25) is 0 Å². The first-order chi connectivity index (χ1) is 10.0. The van der Waals surface area contributed by atoms with E-state index in [0.29, 0.717) is 11.3 Å². The standard InChI is InChI=1S/C13H12N2O6/c1-8-3-4-10(12(14-8)15(17)18)21-7-9-5-6-20-11(9)13(16)19-2/h3-6H,7H2,1-2H3. The fourth-order valence-electron chi connectivity index (χ4n) is 1.65. The number of esters is 1. The van der Waals surface area contributed by atoms with Crippen LogP contribution in [-0.2, 0) is 11.3 Å². The van der Waals surface area contributed by atoms with Crippen LogP contribution in [0, 0.1) is 17.0 Å². The average molecular weight is 292 g/mol. The van der Waals surface area contributed by atoms with Crippen molar-refractivity contribution < 1.29 is 23.6 Å². The van der Waals surface area contributed by atoms with Crippen molar-refractivity contribution in [2.45, 2.75) is 13.5 Å². The van der Waals surface area contributed by atoms with E-state index < -0.39 is 10.9 Å². The molecule has 0 saturated heterocycles. The monoisotopic (exact) mass is 292 g/mol. The van der Waals surface area contributed by atoms with E-state index in [2.05, 4.69) is 9.72 Å². The first kappa shape index (κ1) is 14.5. The van der Waals surface area contributed by atoms with Crippen molar-refractivity contribution in [1.82, 2.24) is 4.98 Å². The third kappa shape index (κ3) is 3.16. The van der Waals surface area contributed by atoms with Crippen molar-refractivity contribution >= 4 is 11.8 Å². The number of aromatic nitrogens is 1. The molecule has 0 unspecified atom stereocenters. The van der Waals surface area contributed by atoms with Crippen LogP contribution < -0.4 is 4.74 Å². The Labute approximate surface area is 119 Å². The first-order valence-corrected chi connectivity index (χ1v) is 5.92. The van der Waals surface area contributed by atoms with E-state index in [9.17, 15) is 14.9 Å². The minimum Gasteiger partial charge on any atom is -0.481 e. The molecule has 0 aliphatic heterocycles. The van der Waals surface area contributed by atoms with Crippen molar-refractivity contribution in [1.29, 1.82) is 0 Å². The van der Waals surface area contributed by atoms with Crippen LogP contribution in [0.5, 0.6) is 5.75 Å². The number of nitro groups is 1. The SMILES string of the molecule is COC(=O)c1occc1COc1ccc(C)nc1[N+](=O)[O-]. The summed E-state index contributed by atoms with van der Waals surface area (Å²) in [4.78, 5) is 25.5. The Morgan fingerprint density at radius 3 is 2.86 bits per heavy atom. The fourth-order valence-corrected chi connectivity index (χ4v) is 1.65. The highest BCUT2D eigenvalue weighted by molar-refractivity contribution is 5.87. The molecule has 2 aromatic heterocycles. The molecule has 21 heavy (non-hydrogen) atoms. The molecule has 8 nitrogen and oxygen atoms in total. The van der Waals surface area contributed by atoms with Gasteiger partial charge in [0.15, 0.2) is 0 Å². The molecule has 0 bridgehead atoms. The molecule has 0 saturated carbocycles. The van der Waals surface area contributed by atoms with Crippen LogP contribution in [0.1, 0.15) is 21.8 Å². The number of rotatable bonds is 5. The average Bonchev–Trinajstić information content (AvgIpc) is 2.93. The lowest BCUT2D eigenvalue weighted by atomic mass is 10.2. The lowest BCUT2D eigenvalue weighted by molar-refractivity contribution is -0.390. The van der Waals surface area contributed by atoms with Crippen LogP contribution in [-0.4, -0.2) is 23.0 Å². The van der Waals surface area contributed by atoms with Gasteiger partial charge in [0.2, 0.25) is 11.5 Å². The van der Waals surface area contributed by atoms with Crippen LogP contribution in [0.4, 0.5) is 5.82 Å². The molecule has 0 amide bonds.